The summed E-state index contributed by atoms with van der Waals surface area (Å²) in [4.78, 5) is 14.0. The van der Waals surface area contributed by atoms with Gasteiger partial charge in [-0.2, -0.15) is 0 Å². The molecule has 3 rings (SSSR count). The van der Waals surface area contributed by atoms with Gasteiger partial charge in [-0.3, -0.25) is 4.79 Å². The summed E-state index contributed by atoms with van der Waals surface area (Å²) in [5.41, 5.74) is 0.981. The van der Waals surface area contributed by atoms with Crippen LogP contribution in [0.5, 0.6) is 0 Å². The van der Waals surface area contributed by atoms with Crippen LogP contribution < -0.4 is 0 Å². The van der Waals surface area contributed by atoms with Crippen LogP contribution in [0.25, 0.3) is 0 Å². The number of halogens is 1. The zero-order valence-corrected chi connectivity index (χ0v) is 11.5. The highest BCUT2D eigenvalue weighted by atomic mass is 35.5. The van der Waals surface area contributed by atoms with E-state index in [-0.39, 0.29) is 12.0 Å². The topological polar surface area (TPSA) is 42.7 Å². The Morgan fingerprint density at radius 2 is 2.20 bits per heavy atom. The lowest BCUT2D eigenvalue weighted by molar-refractivity contribution is -0.0237. The number of benzene rings is 1. The quantitative estimate of drug-likeness (QED) is 0.853. The number of hydrogen-bond acceptors (Lipinski definition) is 3. The highest BCUT2D eigenvalue weighted by Crippen LogP contribution is 2.25. The fourth-order valence-corrected chi connectivity index (χ4v) is 2.50. The summed E-state index contributed by atoms with van der Waals surface area (Å²) in [6, 6.07) is 10.9. The van der Waals surface area contributed by atoms with Crippen LogP contribution in [0.3, 0.4) is 0 Å². The molecule has 1 aliphatic heterocycles. The number of amides is 1. The molecule has 0 radical (unpaired) electrons. The SMILES string of the molecule is O=C(c1ccco1)N1CCOC(c2cccc(Cl)c2)C1. The van der Waals surface area contributed by atoms with Gasteiger partial charge in [0.15, 0.2) is 5.76 Å². The summed E-state index contributed by atoms with van der Waals surface area (Å²) in [6.07, 6.45) is 1.35. The lowest BCUT2D eigenvalue weighted by Crippen LogP contribution is -2.42. The monoisotopic (exact) mass is 291 g/mol. The lowest BCUT2D eigenvalue weighted by Gasteiger charge is -2.32. The minimum Gasteiger partial charge on any atom is -0.459 e. The number of ether oxygens (including phenoxy) is 1. The van der Waals surface area contributed by atoms with Gasteiger partial charge in [0.25, 0.3) is 5.91 Å². The van der Waals surface area contributed by atoms with Crippen molar-refractivity contribution < 1.29 is 13.9 Å². The number of furan rings is 1. The van der Waals surface area contributed by atoms with Gasteiger partial charge >= 0.3 is 0 Å². The van der Waals surface area contributed by atoms with Crippen LogP contribution in [0.2, 0.25) is 5.02 Å². The minimum absolute atomic E-state index is 0.106. The lowest BCUT2D eigenvalue weighted by atomic mass is 10.1. The number of carbonyl (C=O) groups excluding carboxylic acids is 1. The molecule has 1 amide bonds. The number of nitrogens with zero attached hydrogens (tertiary/aromatic N) is 1. The molecule has 1 aromatic heterocycles. The molecule has 1 aromatic carbocycles. The predicted octanol–water partition coefficient (Wildman–Crippen LogP) is 3.15. The average molecular weight is 292 g/mol. The summed E-state index contributed by atoms with van der Waals surface area (Å²) in [5, 5.41) is 0.667. The normalized spacial score (nSPS) is 19.1. The van der Waals surface area contributed by atoms with Crippen LogP contribution in [0.15, 0.2) is 47.1 Å². The largest absolute Gasteiger partial charge is 0.459 e. The standard InChI is InChI=1S/C15H14ClNO3/c16-12-4-1-3-11(9-12)14-10-17(6-8-20-14)15(18)13-5-2-7-19-13/h1-5,7,9,14H,6,8,10H2. The van der Waals surface area contributed by atoms with Gasteiger partial charge in [0, 0.05) is 11.6 Å². The van der Waals surface area contributed by atoms with Gasteiger partial charge in [0.2, 0.25) is 0 Å². The molecule has 20 heavy (non-hydrogen) atoms. The maximum atomic E-state index is 12.3. The van der Waals surface area contributed by atoms with Crippen LogP contribution in [0.4, 0.5) is 0 Å². The summed E-state index contributed by atoms with van der Waals surface area (Å²) in [5.74, 6) is 0.252. The van der Waals surface area contributed by atoms with E-state index in [1.165, 1.54) is 6.26 Å². The van der Waals surface area contributed by atoms with Crippen molar-refractivity contribution in [2.75, 3.05) is 19.7 Å². The molecule has 2 aromatic rings. The van der Waals surface area contributed by atoms with Crippen molar-refractivity contribution in [2.24, 2.45) is 0 Å². The average Bonchev–Trinajstić information content (AvgIpc) is 3.01. The van der Waals surface area contributed by atoms with Crippen LogP contribution in [0, 0.1) is 0 Å². The molecule has 0 N–H and O–H groups in total. The second kappa shape index (κ2) is 5.69. The van der Waals surface area contributed by atoms with E-state index >= 15 is 0 Å². The Hall–Kier alpha value is -1.78. The molecule has 1 aliphatic rings. The van der Waals surface area contributed by atoms with Crippen molar-refractivity contribution in [3.8, 4) is 0 Å². The Kier molecular flexibility index (Phi) is 3.76. The van der Waals surface area contributed by atoms with E-state index in [1.54, 1.807) is 17.0 Å². The highest BCUT2D eigenvalue weighted by molar-refractivity contribution is 6.30. The van der Waals surface area contributed by atoms with Gasteiger partial charge in [-0.25, -0.2) is 0 Å². The van der Waals surface area contributed by atoms with Crippen LogP contribution in [-0.4, -0.2) is 30.5 Å². The van der Waals surface area contributed by atoms with Gasteiger partial charge in [0.1, 0.15) is 6.10 Å². The molecule has 1 fully saturated rings. The summed E-state index contributed by atoms with van der Waals surface area (Å²) >= 11 is 5.99. The Balaban J connectivity index is 1.75. The van der Waals surface area contributed by atoms with E-state index in [9.17, 15) is 4.79 Å². The molecule has 0 spiro atoms. The first-order valence-corrected chi connectivity index (χ1v) is 6.81. The van der Waals surface area contributed by atoms with E-state index in [0.29, 0.717) is 30.5 Å². The van der Waals surface area contributed by atoms with Crippen LogP contribution in [0.1, 0.15) is 22.2 Å². The highest BCUT2D eigenvalue weighted by Gasteiger charge is 2.27. The van der Waals surface area contributed by atoms with E-state index < -0.39 is 0 Å². The van der Waals surface area contributed by atoms with Crippen molar-refractivity contribution in [3.05, 3.63) is 59.0 Å². The molecule has 4 nitrogen and oxygen atoms in total. The molecule has 1 atom stereocenters. The molecule has 0 aliphatic carbocycles. The summed E-state index contributed by atoms with van der Waals surface area (Å²) < 4.78 is 10.9. The fraction of sp³-hybridized carbons (Fsp3) is 0.267. The van der Waals surface area contributed by atoms with Crippen molar-refractivity contribution in [2.45, 2.75) is 6.10 Å². The van der Waals surface area contributed by atoms with Crippen molar-refractivity contribution in [3.63, 3.8) is 0 Å². The maximum absolute atomic E-state index is 12.3. The Labute approximate surface area is 121 Å². The van der Waals surface area contributed by atoms with E-state index in [2.05, 4.69) is 0 Å². The fourth-order valence-electron chi connectivity index (χ4n) is 2.30. The summed E-state index contributed by atoms with van der Waals surface area (Å²) in [7, 11) is 0. The zero-order chi connectivity index (χ0) is 13.9. The molecule has 104 valence electrons. The van der Waals surface area contributed by atoms with Gasteiger partial charge in [-0.1, -0.05) is 23.7 Å². The maximum Gasteiger partial charge on any atom is 0.289 e. The first kappa shape index (κ1) is 13.2. The number of carbonyl (C=O) groups is 1. The van der Waals surface area contributed by atoms with Gasteiger partial charge in [-0.05, 0) is 29.8 Å². The number of rotatable bonds is 2. The molecule has 1 saturated heterocycles. The van der Waals surface area contributed by atoms with E-state index in [1.807, 2.05) is 24.3 Å². The Morgan fingerprint density at radius 1 is 1.30 bits per heavy atom. The molecule has 0 bridgehead atoms. The smallest absolute Gasteiger partial charge is 0.289 e. The third-order valence-corrected chi connectivity index (χ3v) is 3.54. The molecular formula is C15H14ClNO3. The van der Waals surface area contributed by atoms with E-state index in [0.717, 1.165) is 5.56 Å². The first-order valence-electron chi connectivity index (χ1n) is 6.44. The number of morpholine rings is 1. The van der Waals surface area contributed by atoms with Gasteiger partial charge in [0.05, 0.1) is 19.4 Å². The Morgan fingerprint density at radius 3 is 2.95 bits per heavy atom. The van der Waals surface area contributed by atoms with E-state index in [4.69, 9.17) is 20.8 Å². The first-order chi connectivity index (χ1) is 9.74. The third-order valence-electron chi connectivity index (χ3n) is 3.31. The third kappa shape index (κ3) is 2.71. The summed E-state index contributed by atoms with van der Waals surface area (Å²) in [6.45, 7) is 1.57. The van der Waals surface area contributed by atoms with Crippen molar-refractivity contribution in [1.82, 2.24) is 4.90 Å². The second-order valence-electron chi connectivity index (χ2n) is 4.64. The van der Waals surface area contributed by atoms with Crippen LogP contribution in [-0.2, 0) is 4.74 Å². The van der Waals surface area contributed by atoms with Crippen LogP contribution >= 0.6 is 11.6 Å². The zero-order valence-electron chi connectivity index (χ0n) is 10.8. The molecule has 2 heterocycles. The van der Waals surface area contributed by atoms with Gasteiger partial charge < -0.3 is 14.1 Å². The second-order valence-corrected chi connectivity index (χ2v) is 5.08. The Bertz CT molecular complexity index is 597. The molecule has 5 heteroatoms. The molecule has 1 unspecified atom stereocenters. The van der Waals surface area contributed by atoms with Gasteiger partial charge in [-0.15, -0.1) is 0 Å². The van der Waals surface area contributed by atoms with Crippen molar-refractivity contribution >= 4 is 17.5 Å². The predicted molar refractivity (Wildman–Crippen MR) is 74.8 cm³/mol. The van der Waals surface area contributed by atoms with Crippen molar-refractivity contribution in [1.29, 1.82) is 0 Å². The molecular weight excluding hydrogens is 278 g/mol. The number of hydrogen-bond donors (Lipinski definition) is 0. The molecule has 0 saturated carbocycles. The minimum atomic E-state index is -0.152.